The summed E-state index contributed by atoms with van der Waals surface area (Å²) in [6.45, 7) is 7.69. The highest BCUT2D eigenvalue weighted by molar-refractivity contribution is 6.31. The minimum atomic E-state index is -0.876. The van der Waals surface area contributed by atoms with E-state index in [0.717, 1.165) is 11.1 Å². The van der Waals surface area contributed by atoms with Crippen molar-refractivity contribution in [1.29, 1.82) is 0 Å². The highest BCUT2D eigenvalue weighted by atomic mass is 35.5. The molecule has 40 heavy (non-hydrogen) atoms. The van der Waals surface area contributed by atoms with Crippen molar-refractivity contribution in [2.45, 2.75) is 26.3 Å². The van der Waals surface area contributed by atoms with Crippen molar-refractivity contribution in [2.24, 2.45) is 0 Å². The van der Waals surface area contributed by atoms with Crippen LogP contribution in [0.25, 0.3) is 33.4 Å². The maximum absolute atomic E-state index is 15.5. The van der Waals surface area contributed by atoms with Crippen LogP contribution in [0.3, 0.4) is 0 Å². The number of imidazole rings is 1. The predicted molar refractivity (Wildman–Crippen MR) is 161 cm³/mol. The van der Waals surface area contributed by atoms with Gasteiger partial charge in [0, 0.05) is 32.1 Å². The lowest BCUT2D eigenvalue weighted by atomic mass is 9.99. The maximum atomic E-state index is 15.5. The standard InChI is InChI=1S/C32H27Cl2FN4O/c1-4-5-9-20(2)39(35)32(40)30-28(26-17-16-25(34)18-27(26)37-30)31-29(23-10-7-6-8-11-23)36-19-38(31)21(3)22-12-14-24(33)15-13-22/h5-19,21,37H,2,4H2,1,3H3/b9-5-. The number of halogens is 3. The third kappa shape index (κ3) is 5.20. The van der Waals surface area contributed by atoms with Crippen molar-refractivity contribution in [3.63, 3.8) is 0 Å². The number of benzene rings is 3. The number of amides is 1. The molecule has 5 aromatic rings. The van der Waals surface area contributed by atoms with Crippen molar-refractivity contribution in [3.8, 4) is 22.5 Å². The number of H-pyrrole nitrogens is 1. The van der Waals surface area contributed by atoms with Crippen LogP contribution in [0.2, 0.25) is 10.0 Å². The van der Waals surface area contributed by atoms with Crippen molar-refractivity contribution in [3.05, 3.63) is 125 Å². The molecule has 3 aromatic carbocycles. The average Bonchev–Trinajstić information content (AvgIpc) is 3.56. The van der Waals surface area contributed by atoms with Gasteiger partial charge in [0.1, 0.15) is 5.69 Å². The van der Waals surface area contributed by atoms with E-state index < -0.39 is 5.91 Å². The molecule has 1 atom stereocenters. The molecular weight excluding hydrogens is 546 g/mol. The summed E-state index contributed by atoms with van der Waals surface area (Å²) in [5, 5.41) is 1.89. The van der Waals surface area contributed by atoms with Gasteiger partial charge in [-0.15, -0.1) is 5.12 Å². The fraction of sp³-hybridized carbons (Fsp3) is 0.125. The summed E-state index contributed by atoms with van der Waals surface area (Å²) in [4.78, 5) is 21.6. The molecule has 5 nitrogen and oxygen atoms in total. The minimum Gasteiger partial charge on any atom is -0.350 e. The monoisotopic (exact) mass is 572 g/mol. The lowest BCUT2D eigenvalue weighted by Gasteiger charge is -2.19. The number of carbonyl (C=O) groups is 1. The SMILES string of the molecule is C=C(/C=C\CC)N(F)C(=O)c1[nH]c2cc(Cl)ccc2c1-c1c(-c2ccccc2)ncn1C(C)c1ccc(Cl)cc1. The number of hydrogen-bond acceptors (Lipinski definition) is 2. The second-order valence-corrected chi connectivity index (χ2v) is 10.3. The molecule has 202 valence electrons. The number of fused-ring (bicyclic) bond motifs is 1. The molecule has 0 radical (unpaired) electrons. The fourth-order valence-corrected chi connectivity index (χ4v) is 5.03. The molecule has 1 amide bonds. The Hall–Kier alpha value is -4.13. The first kappa shape index (κ1) is 27.4. The van der Waals surface area contributed by atoms with Gasteiger partial charge >= 0.3 is 5.91 Å². The number of hydrogen-bond donors (Lipinski definition) is 1. The molecule has 0 saturated heterocycles. The van der Waals surface area contributed by atoms with E-state index in [0.29, 0.717) is 44.3 Å². The number of carbonyl (C=O) groups excluding carboxylic acids is 1. The number of aromatic amines is 1. The van der Waals surface area contributed by atoms with Gasteiger partial charge in [0.2, 0.25) is 0 Å². The van der Waals surface area contributed by atoms with Crippen LogP contribution in [0.15, 0.2) is 104 Å². The topological polar surface area (TPSA) is 53.9 Å². The summed E-state index contributed by atoms with van der Waals surface area (Å²) in [6.07, 6.45) is 5.65. The second-order valence-electron chi connectivity index (χ2n) is 9.40. The molecule has 0 spiro atoms. The van der Waals surface area contributed by atoms with Gasteiger partial charge in [0.25, 0.3) is 0 Å². The van der Waals surface area contributed by atoms with Gasteiger partial charge < -0.3 is 9.55 Å². The molecule has 0 aliphatic rings. The second kappa shape index (κ2) is 11.5. The normalized spacial score (nSPS) is 12.2. The largest absolute Gasteiger partial charge is 0.350 e. The van der Waals surface area contributed by atoms with Gasteiger partial charge in [0.05, 0.1) is 29.5 Å². The number of nitrogens with one attached hydrogen (secondary N) is 1. The maximum Gasteiger partial charge on any atom is 0.303 e. The molecule has 0 fully saturated rings. The number of aromatic nitrogens is 3. The third-order valence-corrected chi connectivity index (χ3v) is 7.29. The molecule has 0 bridgehead atoms. The quantitative estimate of drug-likeness (QED) is 0.149. The zero-order valence-electron chi connectivity index (χ0n) is 22.0. The smallest absolute Gasteiger partial charge is 0.303 e. The van der Waals surface area contributed by atoms with Gasteiger partial charge in [-0.3, -0.25) is 4.79 Å². The van der Waals surface area contributed by atoms with Crippen LogP contribution < -0.4 is 0 Å². The molecule has 2 heterocycles. The Balaban J connectivity index is 1.78. The highest BCUT2D eigenvalue weighted by Crippen LogP contribution is 2.41. The Kier molecular flexibility index (Phi) is 7.92. The van der Waals surface area contributed by atoms with Crippen molar-refractivity contribution in [2.75, 3.05) is 0 Å². The van der Waals surface area contributed by atoms with E-state index in [2.05, 4.69) is 11.6 Å². The van der Waals surface area contributed by atoms with Gasteiger partial charge in [-0.05, 0) is 49.2 Å². The molecular formula is C32H27Cl2FN4O. The van der Waals surface area contributed by atoms with Crippen LogP contribution >= 0.6 is 23.2 Å². The van der Waals surface area contributed by atoms with E-state index in [9.17, 15) is 4.79 Å². The molecule has 1 unspecified atom stereocenters. The number of rotatable bonds is 8. The van der Waals surface area contributed by atoms with Gasteiger partial charge in [-0.25, -0.2) is 4.98 Å². The van der Waals surface area contributed by atoms with E-state index in [4.69, 9.17) is 28.2 Å². The lowest BCUT2D eigenvalue weighted by molar-refractivity contribution is 0.0400. The molecule has 0 saturated carbocycles. The van der Waals surface area contributed by atoms with E-state index in [1.807, 2.05) is 79.1 Å². The number of allylic oxidation sites excluding steroid dienone is 2. The first-order valence-corrected chi connectivity index (χ1v) is 13.6. The van der Waals surface area contributed by atoms with E-state index in [1.165, 1.54) is 6.08 Å². The molecule has 0 aliphatic heterocycles. The third-order valence-electron chi connectivity index (χ3n) is 6.80. The van der Waals surface area contributed by atoms with Crippen molar-refractivity contribution in [1.82, 2.24) is 19.7 Å². The zero-order chi connectivity index (χ0) is 28.4. The average molecular weight is 573 g/mol. The Bertz CT molecular complexity index is 1720. The molecule has 0 aliphatic carbocycles. The lowest BCUT2D eigenvalue weighted by Crippen LogP contribution is -2.22. The summed E-state index contributed by atoms with van der Waals surface area (Å²) >= 11 is 12.5. The highest BCUT2D eigenvalue weighted by Gasteiger charge is 2.30. The molecule has 8 heteroatoms. The van der Waals surface area contributed by atoms with Gasteiger partial charge in [0.15, 0.2) is 0 Å². The van der Waals surface area contributed by atoms with E-state index >= 15 is 4.48 Å². The van der Waals surface area contributed by atoms with Crippen LogP contribution in [0.1, 0.15) is 42.4 Å². The predicted octanol–water partition coefficient (Wildman–Crippen LogP) is 9.42. The van der Waals surface area contributed by atoms with Crippen LogP contribution in [0, 0.1) is 0 Å². The Morgan fingerprint density at radius 1 is 1.10 bits per heavy atom. The van der Waals surface area contributed by atoms with Crippen LogP contribution in [-0.2, 0) is 0 Å². The van der Waals surface area contributed by atoms with Crippen molar-refractivity contribution >= 4 is 40.0 Å². The van der Waals surface area contributed by atoms with Gasteiger partial charge in [-0.1, -0.05) is 95.8 Å². The molecule has 1 N–H and O–H groups in total. The summed E-state index contributed by atoms with van der Waals surface area (Å²) in [7, 11) is 0. The first-order valence-electron chi connectivity index (χ1n) is 12.8. The van der Waals surface area contributed by atoms with Crippen LogP contribution in [-0.4, -0.2) is 25.6 Å². The van der Waals surface area contributed by atoms with Crippen LogP contribution in [0.4, 0.5) is 4.48 Å². The Morgan fingerprint density at radius 2 is 1.80 bits per heavy atom. The summed E-state index contributed by atoms with van der Waals surface area (Å²) < 4.78 is 17.5. The summed E-state index contributed by atoms with van der Waals surface area (Å²) in [5.41, 5.74) is 4.27. The van der Waals surface area contributed by atoms with E-state index in [-0.39, 0.29) is 22.6 Å². The number of nitrogens with zero attached hydrogens (tertiary/aromatic N) is 3. The van der Waals surface area contributed by atoms with Gasteiger partial charge in [-0.2, -0.15) is 0 Å². The first-order chi connectivity index (χ1) is 19.3. The summed E-state index contributed by atoms with van der Waals surface area (Å²) in [6, 6.07) is 22.4. The molecule has 2 aromatic heterocycles. The summed E-state index contributed by atoms with van der Waals surface area (Å²) in [5.74, 6) is -0.876. The fourth-order valence-electron chi connectivity index (χ4n) is 4.74. The van der Waals surface area contributed by atoms with Crippen LogP contribution in [0.5, 0.6) is 0 Å². The Morgan fingerprint density at radius 3 is 2.50 bits per heavy atom. The Labute approximate surface area is 242 Å². The van der Waals surface area contributed by atoms with Crippen molar-refractivity contribution < 1.29 is 9.28 Å². The zero-order valence-corrected chi connectivity index (χ0v) is 23.5. The molecule has 5 rings (SSSR count). The minimum absolute atomic E-state index is 0.0630. The van der Waals surface area contributed by atoms with E-state index in [1.54, 1.807) is 24.5 Å².